The van der Waals surface area contributed by atoms with E-state index < -0.39 is 0 Å². The molecule has 0 saturated carbocycles. The van der Waals surface area contributed by atoms with E-state index in [0.29, 0.717) is 0 Å². The van der Waals surface area contributed by atoms with Gasteiger partial charge < -0.3 is 14.8 Å². The minimum absolute atomic E-state index is 0.768. The monoisotopic (exact) mass is 215 g/mol. The molecule has 1 unspecified atom stereocenters. The fourth-order valence-corrected chi connectivity index (χ4v) is 2.16. The molecule has 0 spiro atoms. The number of rotatable bonds is 7. The van der Waals surface area contributed by atoms with Crippen LogP contribution in [0.15, 0.2) is 0 Å². The molecule has 1 rings (SSSR count). The van der Waals surface area contributed by atoms with Crippen molar-refractivity contribution >= 4 is 0 Å². The molecule has 1 atom stereocenters. The number of ether oxygens (including phenoxy) is 2. The van der Waals surface area contributed by atoms with Crippen LogP contribution >= 0.6 is 0 Å². The van der Waals surface area contributed by atoms with Crippen molar-refractivity contribution in [2.24, 2.45) is 11.8 Å². The third-order valence-electron chi connectivity index (χ3n) is 3.05. The molecular formula is C12H25NO2. The Balaban J connectivity index is 1.98. The molecule has 15 heavy (non-hydrogen) atoms. The SMILES string of the molecule is COCCNCC(C)CC1CCOCC1. The lowest BCUT2D eigenvalue weighted by atomic mass is 9.90. The van der Waals surface area contributed by atoms with E-state index in [0.717, 1.165) is 44.7 Å². The first kappa shape index (κ1) is 12.9. The Morgan fingerprint density at radius 3 is 2.80 bits per heavy atom. The van der Waals surface area contributed by atoms with Crippen molar-refractivity contribution < 1.29 is 9.47 Å². The van der Waals surface area contributed by atoms with Gasteiger partial charge in [-0.15, -0.1) is 0 Å². The average Bonchev–Trinajstić information content (AvgIpc) is 2.26. The van der Waals surface area contributed by atoms with Crippen LogP contribution in [0, 0.1) is 11.8 Å². The molecule has 3 heteroatoms. The highest BCUT2D eigenvalue weighted by atomic mass is 16.5. The lowest BCUT2D eigenvalue weighted by Gasteiger charge is -2.25. The number of methoxy groups -OCH3 is 1. The highest BCUT2D eigenvalue weighted by Gasteiger charge is 2.16. The summed E-state index contributed by atoms with van der Waals surface area (Å²) in [5, 5.41) is 3.42. The summed E-state index contributed by atoms with van der Waals surface area (Å²) in [7, 11) is 1.74. The Bertz CT molecular complexity index is 147. The van der Waals surface area contributed by atoms with Crippen molar-refractivity contribution in [1.82, 2.24) is 5.32 Å². The van der Waals surface area contributed by atoms with Gasteiger partial charge in [0.2, 0.25) is 0 Å². The van der Waals surface area contributed by atoms with Gasteiger partial charge in [0.25, 0.3) is 0 Å². The van der Waals surface area contributed by atoms with Crippen LogP contribution in [0.4, 0.5) is 0 Å². The smallest absolute Gasteiger partial charge is 0.0587 e. The van der Waals surface area contributed by atoms with E-state index in [1.54, 1.807) is 7.11 Å². The summed E-state index contributed by atoms with van der Waals surface area (Å²) in [4.78, 5) is 0. The zero-order valence-corrected chi connectivity index (χ0v) is 10.1. The standard InChI is InChI=1S/C12H25NO2/c1-11(10-13-5-8-14-2)9-12-3-6-15-7-4-12/h11-13H,3-10H2,1-2H3. The van der Waals surface area contributed by atoms with Crippen molar-refractivity contribution in [3.63, 3.8) is 0 Å². The Labute approximate surface area is 93.5 Å². The molecule has 1 aliphatic heterocycles. The van der Waals surface area contributed by atoms with Crippen molar-refractivity contribution in [2.45, 2.75) is 26.2 Å². The Morgan fingerprint density at radius 2 is 2.13 bits per heavy atom. The second kappa shape index (κ2) is 8.08. The van der Waals surface area contributed by atoms with Crippen LogP contribution in [0.3, 0.4) is 0 Å². The van der Waals surface area contributed by atoms with E-state index in [1.807, 2.05) is 0 Å². The lowest BCUT2D eigenvalue weighted by Crippen LogP contribution is -2.27. The third-order valence-corrected chi connectivity index (χ3v) is 3.05. The van der Waals surface area contributed by atoms with Crippen molar-refractivity contribution in [1.29, 1.82) is 0 Å². The Morgan fingerprint density at radius 1 is 1.40 bits per heavy atom. The van der Waals surface area contributed by atoms with E-state index in [4.69, 9.17) is 9.47 Å². The van der Waals surface area contributed by atoms with Crippen LogP contribution in [0.2, 0.25) is 0 Å². The number of nitrogens with one attached hydrogen (secondary N) is 1. The fourth-order valence-electron chi connectivity index (χ4n) is 2.16. The van der Waals surface area contributed by atoms with E-state index in [2.05, 4.69) is 12.2 Å². The first-order valence-electron chi connectivity index (χ1n) is 6.10. The minimum Gasteiger partial charge on any atom is -0.383 e. The van der Waals surface area contributed by atoms with Crippen LogP contribution < -0.4 is 5.32 Å². The summed E-state index contributed by atoms with van der Waals surface area (Å²) in [5.41, 5.74) is 0. The predicted molar refractivity (Wildman–Crippen MR) is 62.1 cm³/mol. The van der Waals surface area contributed by atoms with E-state index >= 15 is 0 Å². The first-order chi connectivity index (χ1) is 7.33. The van der Waals surface area contributed by atoms with E-state index in [-0.39, 0.29) is 0 Å². The molecule has 1 heterocycles. The van der Waals surface area contributed by atoms with Gasteiger partial charge in [0, 0.05) is 26.9 Å². The molecule has 1 N–H and O–H groups in total. The molecule has 0 bridgehead atoms. The molecule has 1 saturated heterocycles. The van der Waals surface area contributed by atoms with Gasteiger partial charge in [0.05, 0.1) is 6.61 Å². The maximum atomic E-state index is 5.36. The zero-order valence-electron chi connectivity index (χ0n) is 10.1. The molecule has 1 fully saturated rings. The van der Waals surface area contributed by atoms with Gasteiger partial charge >= 0.3 is 0 Å². The van der Waals surface area contributed by atoms with E-state index in [9.17, 15) is 0 Å². The van der Waals surface area contributed by atoms with Crippen LogP contribution in [0.25, 0.3) is 0 Å². The quantitative estimate of drug-likeness (QED) is 0.655. The van der Waals surface area contributed by atoms with Crippen molar-refractivity contribution in [3.05, 3.63) is 0 Å². The minimum atomic E-state index is 0.768. The van der Waals surface area contributed by atoms with Gasteiger partial charge in [0.1, 0.15) is 0 Å². The number of hydrogen-bond donors (Lipinski definition) is 1. The van der Waals surface area contributed by atoms with Crippen LogP contribution in [-0.2, 0) is 9.47 Å². The molecule has 0 amide bonds. The Kier molecular flexibility index (Phi) is 6.98. The van der Waals surface area contributed by atoms with Crippen LogP contribution in [-0.4, -0.2) is 40.0 Å². The maximum Gasteiger partial charge on any atom is 0.0587 e. The number of hydrogen-bond acceptors (Lipinski definition) is 3. The third kappa shape index (κ3) is 6.13. The largest absolute Gasteiger partial charge is 0.383 e. The topological polar surface area (TPSA) is 30.5 Å². The molecule has 0 aromatic heterocycles. The summed E-state index contributed by atoms with van der Waals surface area (Å²) in [6.45, 7) is 7.15. The molecule has 0 radical (unpaired) electrons. The van der Waals surface area contributed by atoms with Gasteiger partial charge in [-0.1, -0.05) is 6.92 Å². The second-order valence-electron chi connectivity index (χ2n) is 4.59. The second-order valence-corrected chi connectivity index (χ2v) is 4.59. The highest BCUT2D eigenvalue weighted by molar-refractivity contribution is 4.68. The Hall–Kier alpha value is -0.120. The first-order valence-corrected chi connectivity index (χ1v) is 6.10. The van der Waals surface area contributed by atoms with Crippen LogP contribution in [0.5, 0.6) is 0 Å². The van der Waals surface area contributed by atoms with Gasteiger partial charge in [-0.2, -0.15) is 0 Å². The summed E-state index contributed by atoms with van der Waals surface area (Å²) in [6, 6.07) is 0. The fraction of sp³-hybridized carbons (Fsp3) is 1.00. The predicted octanol–water partition coefficient (Wildman–Crippen LogP) is 1.68. The summed E-state index contributed by atoms with van der Waals surface area (Å²) in [6.07, 6.45) is 3.84. The maximum absolute atomic E-state index is 5.36. The molecule has 0 aliphatic carbocycles. The lowest BCUT2D eigenvalue weighted by molar-refractivity contribution is 0.0593. The summed E-state index contributed by atoms with van der Waals surface area (Å²) < 4.78 is 10.4. The van der Waals surface area contributed by atoms with E-state index in [1.165, 1.54) is 19.3 Å². The van der Waals surface area contributed by atoms with Gasteiger partial charge in [-0.05, 0) is 37.6 Å². The molecule has 3 nitrogen and oxygen atoms in total. The summed E-state index contributed by atoms with van der Waals surface area (Å²) >= 11 is 0. The molecular weight excluding hydrogens is 190 g/mol. The van der Waals surface area contributed by atoms with Gasteiger partial charge in [0.15, 0.2) is 0 Å². The van der Waals surface area contributed by atoms with Crippen molar-refractivity contribution in [3.8, 4) is 0 Å². The molecule has 0 aromatic rings. The zero-order chi connectivity index (χ0) is 10.9. The highest BCUT2D eigenvalue weighted by Crippen LogP contribution is 2.22. The van der Waals surface area contributed by atoms with Crippen molar-refractivity contribution in [2.75, 3.05) is 40.0 Å². The van der Waals surface area contributed by atoms with Gasteiger partial charge in [-0.3, -0.25) is 0 Å². The molecule has 1 aliphatic rings. The summed E-state index contributed by atoms with van der Waals surface area (Å²) in [5.74, 6) is 1.66. The molecule has 0 aromatic carbocycles. The van der Waals surface area contributed by atoms with Crippen LogP contribution in [0.1, 0.15) is 26.2 Å². The normalized spacial score (nSPS) is 20.4. The average molecular weight is 215 g/mol. The van der Waals surface area contributed by atoms with Gasteiger partial charge in [-0.25, -0.2) is 0 Å². The molecule has 90 valence electrons.